The van der Waals surface area contributed by atoms with Gasteiger partial charge in [0, 0.05) is 23.5 Å². The van der Waals surface area contributed by atoms with Gasteiger partial charge in [0.1, 0.15) is 11.6 Å². The van der Waals surface area contributed by atoms with E-state index in [0.717, 1.165) is 23.6 Å². The van der Waals surface area contributed by atoms with Crippen LogP contribution in [0.25, 0.3) is 11.4 Å². The van der Waals surface area contributed by atoms with Gasteiger partial charge in [0.05, 0.1) is 7.11 Å². The number of fused-ring (bicyclic) bond motifs is 1. The molecule has 3 heteroatoms. The Morgan fingerprint density at radius 2 is 2.28 bits per heavy atom. The summed E-state index contributed by atoms with van der Waals surface area (Å²) in [6.45, 7) is 2.27. The summed E-state index contributed by atoms with van der Waals surface area (Å²) in [5.74, 6) is 1.95. The lowest BCUT2D eigenvalue weighted by atomic mass is 10.0. The molecule has 1 aromatic heterocycles. The molecule has 0 spiro atoms. The minimum Gasteiger partial charge on any atom is -0.497 e. The highest BCUT2D eigenvalue weighted by atomic mass is 16.5. The average molecular weight is 242 g/mol. The molecule has 0 saturated carbocycles. The zero-order valence-corrected chi connectivity index (χ0v) is 10.9. The number of hydrogen-bond donors (Lipinski definition) is 0. The van der Waals surface area contributed by atoms with Crippen LogP contribution in [0.2, 0.25) is 0 Å². The Bertz CT molecular complexity index is 559. The second-order valence-electron chi connectivity index (χ2n) is 4.92. The van der Waals surface area contributed by atoms with E-state index < -0.39 is 0 Å². The molecule has 0 bridgehead atoms. The van der Waals surface area contributed by atoms with Gasteiger partial charge in [0.25, 0.3) is 0 Å². The van der Waals surface area contributed by atoms with Gasteiger partial charge in [-0.15, -0.1) is 0 Å². The van der Waals surface area contributed by atoms with Crippen LogP contribution in [0.4, 0.5) is 0 Å². The first kappa shape index (κ1) is 11.3. The van der Waals surface area contributed by atoms with Gasteiger partial charge in [-0.05, 0) is 38.3 Å². The zero-order valence-electron chi connectivity index (χ0n) is 10.9. The SMILES string of the molecule is COc1cccc(-c2ncc3n2C(C)CCC3)c1. The number of aromatic nitrogens is 2. The maximum atomic E-state index is 5.29. The molecule has 1 aliphatic heterocycles. The van der Waals surface area contributed by atoms with Gasteiger partial charge in [0.15, 0.2) is 0 Å². The van der Waals surface area contributed by atoms with Crippen LogP contribution in [0, 0.1) is 0 Å². The van der Waals surface area contributed by atoms with Crippen LogP contribution in [-0.4, -0.2) is 16.7 Å². The van der Waals surface area contributed by atoms with E-state index in [9.17, 15) is 0 Å². The first-order valence-corrected chi connectivity index (χ1v) is 6.50. The normalized spacial score (nSPS) is 18.4. The number of hydrogen-bond acceptors (Lipinski definition) is 2. The Balaban J connectivity index is 2.09. The molecular formula is C15H18N2O. The van der Waals surface area contributed by atoms with E-state index >= 15 is 0 Å². The average Bonchev–Trinajstić information content (AvgIpc) is 2.84. The van der Waals surface area contributed by atoms with E-state index in [2.05, 4.69) is 28.6 Å². The first-order chi connectivity index (χ1) is 8.79. The van der Waals surface area contributed by atoms with Crippen LogP contribution >= 0.6 is 0 Å². The fourth-order valence-corrected chi connectivity index (χ4v) is 2.76. The molecule has 3 rings (SSSR count). The second-order valence-corrected chi connectivity index (χ2v) is 4.92. The standard InChI is InChI=1S/C15H18N2O/c1-11-5-3-7-13-10-16-15(17(11)13)12-6-4-8-14(9-12)18-2/h4,6,8-11H,3,5,7H2,1-2H3. The summed E-state index contributed by atoms with van der Waals surface area (Å²) in [4.78, 5) is 4.60. The lowest BCUT2D eigenvalue weighted by Crippen LogP contribution is -2.15. The summed E-state index contributed by atoms with van der Waals surface area (Å²) in [5, 5.41) is 0. The van der Waals surface area contributed by atoms with Crippen molar-refractivity contribution in [1.29, 1.82) is 0 Å². The highest BCUT2D eigenvalue weighted by Gasteiger charge is 2.20. The maximum absolute atomic E-state index is 5.29. The fraction of sp³-hybridized carbons (Fsp3) is 0.400. The summed E-state index contributed by atoms with van der Waals surface area (Å²) in [6, 6.07) is 8.67. The van der Waals surface area contributed by atoms with E-state index in [-0.39, 0.29) is 0 Å². The molecule has 94 valence electrons. The molecule has 0 radical (unpaired) electrons. The predicted octanol–water partition coefficient (Wildman–Crippen LogP) is 3.46. The van der Waals surface area contributed by atoms with E-state index in [1.807, 2.05) is 18.3 Å². The Hall–Kier alpha value is -1.77. The third kappa shape index (κ3) is 1.80. The van der Waals surface area contributed by atoms with Gasteiger partial charge in [-0.2, -0.15) is 0 Å². The zero-order chi connectivity index (χ0) is 12.5. The Morgan fingerprint density at radius 1 is 1.39 bits per heavy atom. The number of ether oxygens (including phenoxy) is 1. The van der Waals surface area contributed by atoms with Crippen molar-refractivity contribution in [3.05, 3.63) is 36.2 Å². The minimum absolute atomic E-state index is 0.539. The van der Waals surface area contributed by atoms with Crippen LogP contribution in [0.3, 0.4) is 0 Å². The number of aryl methyl sites for hydroxylation is 1. The molecule has 3 nitrogen and oxygen atoms in total. The molecular weight excluding hydrogens is 224 g/mol. The van der Waals surface area contributed by atoms with Gasteiger partial charge in [-0.3, -0.25) is 0 Å². The van der Waals surface area contributed by atoms with Crippen molar-refractivity contribution in [3.63, 3.8) is 0 Å². The third-order valence-corrected chi connectivity index (χ3v) is 3.70. The van der Waals surface area contributed by atoms with Crippen molar-refractivity contribution < 1.29 is 4.74 Å². The molecule has 0 saturated heterocycles. The first-order valence-electron chi connectivity index (χ1n) is 6.50. The fourth-order valence-electron chi connectivity index (χ4n) is 2.76. The van der Waals surface area contributed by atoms with Crippen LogP contribution in [0.5, 0.6) is 5.75 Å². The molecule has 1 aliphatic rings. The Kier molecular flexibility index (Phi) is 2.82. The van der Waals surface area contributed by atoms with E-state index in [1.165, 1.54) is 18.5 Å². The summed E-state index contributed by atoms with van der Waals surface area (Å²) in [5.41, 5.74) is 2.49. The molecule has 1 unspecified atom stereocenters. The van der Waals surface area contributed by atoms with Gasteiger partial charge in [-0.25, -0.2) is 4.98 Å². The van der Waals surface area contributed by atoms with Gasteiger partial charge >= 0.3 is 0 Å². The monoisotopic (exact) mass is 242 g/mol. The highest BCUT2D eigenvalue weighted by molar-refractivity contribution is 5.59. The van der Waals surface area contributed by atoms with Crippen molar-refractivity contribution in [2.75, 3.05) is 7.11 Å². The van der Waals surface area contributed by atoms with Gasteiger partial charge in [-0.1, -0.05) is 12.1 Å². The number of benzene rings is 1. The predicted molar refractivity (Wildman–Crippen MR) is 71.9 cm³/mol. The van der Waals surface area contributed by atoms with Crippen molar-refractivity contribution in [1.82, 2.24) is 9.55 Å². The van der Waals surface area contributed by atoms with E-state index in [1.54, 1.807) is 7.11 Å². The molecule has 0 fully saturated rings. The van der Waals surface area contributed by atoms with E-state index in [4.69, 9.17) is 4.74 Å². The van der Waals surface area contributed by atoms with E-state index in [0.29, 0.717) is 6.04 Å². The quantitative estimate of drug-likeness (QED) is 0.806. The Morgan fingerprint density at radius 3 is 3.11 bits per heavy atom. The molecule has 1 aromatic carbocycles. The van der Waals surface area contributed by atoms with Gasteiger partial charge in [0.2, 0.25) is 0 Å². The number of methoxy groups -OCH3 is 1. The summed E-state index contributed by atoms with van der Waals surface area (Å²) in [6.07, 6.45) is 5.66. The van der Waals surface area contributed by atoms with Crippen LogP contribution in [0.15, 0.2) is 30.5 Å². The van der Waals surface area contributed by atoms with Gasteiger partial charge < -0.3 is 9.30 Å². The largest absolute Gasteiger partial charge is 0.497 e. The van der Waals surface area contributed by atoms with Crippen LogP contribution < -0.4 is 4.74 Å². The molecule has 0 aliphatic carbocycles. The number of nitrogens with zero attached hydrogens (tertiary/aromatic N) is 2. The molecule has 18 heavy (non-hydrogen) atoms. The van der Waals surface area contributed by atoms with Crippen molar-refractivity contribution in [2.24, 2.45) is 0 Å². The molecule has 2 heterocycles. The number of imidazole rings is 1. The lowest BCUT2D eigenvalue weighted by molar-refractivity contribution is 0.414. The molecule has 0 N–H and O–H groups in total. The second kappa shape index (κ2) is 4.48. The lowest BCUT2D eigenvalue weighted by Gasteiger charge is -2.24. The summed E-state index contributed by atoms with van der Waals surface area (Å²) < 4.78 is 7.66. The van der Waals surface area contributed by atoms with Crippen molar-refractivity contribution in [3.8, 4) is 17.1 Å². The summed E-state index contributed by atoms with van der Waals surface area (Å²) in [7, 11) is 1.70. The molecule has 2 aromatic rings. The topological polar surface area (TPSA) is 27.1 Å². The minimum atomic E-state index is 0.539. The molecule has 1 atom stereocenters. The Labute approximate surface area is 107 Å². The van der Waals surface area contributed by atoms with Crippen LogP contribution in [-0.2, 0) is 6.42 Å². The van der Waals surface area contributed by atoms with Crippen LogP contribution in [0.1, 0.15) is 31.5 Å². The number of rotatable bonds is 2. The smallest absolute Gasteiger partial charge is 0.140 e. The van der Waals surface area contributed by atoms with Crippen molar-refractivity contribution in [2.45, 2.75) is 32.2 Å². The van der Waals surface area contributed by atoms with Crippen molar-refractivity contribution >= 4 is 0 Å². The third-order valence-electron chi connectivity index (χ3n) is 3.70. The molecule has 0 amide bonds. The maximum Gasteiger partial charge on any atom is 0.140 e. The highest BCUT2D eigenvalue weighted by Crippen LogP contribution is 2.31. The summed E-state index contributed by atoms with van der Waals surface area (Å²) >= 11 is 0.